The summed E-state index contributed by atoms with van der Waals surface area (Å²) in [5.74, 6) is 0.349. The molecule has 2 atom stereocenters. The first-order chi connectivity index (χ1) is 11.6. The molecule has 1 aliphatic carbocycles. The van der Waals surface area contributed by atoms with Crippen molar-refractivity contribution in [1.82, 2.24) is 9.80 Å². The first-order valence-electron chi connectivity index (χ1n) is 9.40. The molecule has 0 aromatic heterocycles. The maximum Gasteiger partial charge on any atom is 0.240 e. The van der Waals surface area contributed by atoms with Crippen molar-refractivity contribution < 1.29 is 4.79 Å². The Morgan fingerprint density at radius 2 is 1.96 bits per heavy atom. The number of amides is 1. The highest BCUT2D eigenvalue weighted by atomic mass is 16.2. The molecule has 1 aromatic rings. The summed E-state index contributed by atoms with van der Waals surface area (Å²) in [6, 6.07) is 11.2. The summed E-state index contributed by atoms with van der Waals surface area (Å²) in [6.07, 6.45) is 4.69. The van der Waals surface area contributed by atoms with Gasteiger partial charge in [-0.2, -0.15) is 0 Å². The summed E-state index contributed by atoms with van der Waals surface area (Å²) in [4.78, 5) is 17.4. The van der Waals surface area contributed by atoms with Crippen molar-refractivity contribution in [2.75, 3.05) is 13.1 Å². The van der Waals surface area contributed by atoms with Crippen LogP contribution in [0.25, 0.3) is 0 Å². The Bertz CT molecular complexity index is 541. The zero-order valence-electron chi connectivity index (χ0n) is 15.0. The summed E-state index contributed by atoms with van der Waals surface area (Å²) in [6.45, 7) is 7.02. The number of hydrogen-bond donors (Lipinski definition) is 1. The van der Waals surface area contributed by atoms with Crippen molar-refractivity contribution in [3.05, 3.63) is 35.9 Å². The Morgan fingerprint density at radius 1 is 1.25 bits per heavy atom. The zero-order chi connectivity index (χ0) is 17.1. The van der Waals surface area contributed by atoms with Crippen LogP contribution in [0.5, 0.6) is 0 Å². The van der Waals surface area contributed by atoms with Crippen LogP contribution in [-0.2, 0) is 11.3 Å². The van der Waals surface area contributed by atoms with Gasteiger partial charge in [-0.1, -0.05) is 44.2 Å². The van der Waals surface area contributed by atoms with E-state index in [1.54, 1.807) is 0 Å². The summed E-state index contributed by atoms with van der Waals surface area (Å²) in [7, 11) is 0. The first-order valence-corrected chi connectivity index (χ1v) is 9.40. The molecule has 1 heterocycles. The number of carbonyl (C=O) groups is 1. The van der Waals surface area contributed by atoms with Gasteiger partial charge in [0.2, 0.25) is 5.91 Å². The standard InChI is InChI=1S/C20H31N3O/c1-15(2)19(21)20(24)23(17-10-11-17)14-18-9-6-12-22(18)13-16-7-4-3-5-8-16/h3-5,7-8,15,17-19H,6,9-14,21H2,1-2H3/t18?,19-/m0/s1. The molecule has 24 heavy (non-hydrogen) atoms. The molecule has 4 heteroatoms. The molecule has 1 aliphatic heterocycles. The molecule has 1 saturated heterocycles. The molecule has 2 fully saturated rings. The largest absolute Gasteiger partial charge is 0.337 e. The van der Waals surface area contributed by atoms with Gasteiger partial charge in [-0.15, -0.1) is 0 Å². The molecule has 0 bridgehead atoms. The maximum atomic E-state index is 12.8. The highest BCUT2D eigenvalue weighted by Crippen LogP contribution is 2.30. The van der Waals surface area contributed by atoms with Crippen LogP contribution in [0.15, 0.2) is 30.3 Å². The van der Waals surface area contributed by atoms with E-state index in [1.165, 1.54) is 18.4 Å². The third-order valence-electron chi connectivity index (χ3n) is 5.41. The van der Waals surface area contributed by atoms with E-state index in [0.29, 0.717) is 12.1 Å². The van der Waals surface area contributed by atoms with Crippen molar-refractivity contribution in [2.24, 2.45) is 11.7 Å². The molecule has 0 spiro atoms. The molecule has 1 saturated carbocycles. The van der Waals surface area contributed by atoms with Gasteiger partial charge >= 0.3 is 0 Å². The fourth-order valence-corrected chi connectivity index (χ4v) is 3.64. The van der Waals surface area contributed by atoms with E-state index in [2.05, 4.69) is 40.1 Å². The van der Waals surface area contributed by atoms with Crippen molar-refractivity contribution >= 4 is 5.91 Å². The molecule has 132 valence electrons. The molecule has 1 unspecified atom stereocenters. The predicted octanol–water partition coefficient (Wildman–Crippen LogP) is 2.63. The average Bonchev–Trinajstić information content (AvgIpc) is 3.33. The van der Waals surface area contributed by atoms with E-state index in [1.807, 2.05) is 13.8 Å². The quantitative estimate of drug-likeness (QED) is 0.836. The summed E-state index contributed by atoms with van der Waals surface area (Å²) < 4.78 is 0. The van der Waals surface area contributed by atoms with Gasteiger partial charge in [-0.05, 0) is 43.7 Å². The number of nitrogens with two attached hydrogens (primary N) is 1. The van der Waals surface area contributed by atoms with Crippen molar-refractivity contribution in [3.63, 3.8) is 0 Å². The number of rotatable bonds is 7. The van der Waals surface area contributed by atoms with Crippen LogP contribution in [0.1, 0.15) is 45.1 Å². The van der Waals surface area contributed by atoms with Gasteiger partial charge in [-0.25, -0.2) is 0 Å². The molecule has 0 radical (unpaired) electrons. The zero-order valence-corrected chi connectivity index (χ0v) is 15.0. The average molecular weight is 329 g/mol. The van der Waals surface area contributed by atoms with E-state index in [0.717, 1.165) is 32.5 Å². The Morgan fingerprint density at radius 3 is 2.58 bits per heavy atom. The van der Waals surface area contributed by atoms with Crippen LogP contribution in [0.2, 0.25) is 0 Å². The monoisotopic (exact) mass is 329 g/mol. The van der Waals surface area contributed by atoms with Crippen LogP contribution < -0.4 is 5.73 Å². The number of carbonyl (C=O) groups excluding carboxylic acids is 1. The van der Waals surface area contributed by atoms with Crippen LogP contribution in [0.4, 0.5) is 0 Å². The van der Waals surface area contributed by atoms with Crippen molar-refractivity contribution in [3.8, 4) is 0 Å². The minimum absolute atomic E-state index is 0.152. The topological polar surface area (TPSA) is 49.6 Å². The van der Waals surface area contributed by atoms with E-state index in [-0.39, 0.29) is 17.9 Å². The van der Waals surface area contributed by atoms with E-state index < -0.39 is 0 Å². The lowest BCUT2D eigenvalue weighted by atomic mass is 10.0. The molecule has 2 N–H and O–H groups in total. The molecular weight excluding hydrogens is 298 g/mol. The summed E-state index contributed by atoms with van der Waals surface area (Å²) >= 11 is 0. The van der Waals surface area contributed by atoms with Crippen LogP contribution in [-0.4, -0.2) is 46.9 Å². The van der Waals surface area contributed by atoms with Gasteiger partial charge in [0, 0.05) is 25.2 Å². The molecule has 1 amide bonds. The Balaban J connectivity index is 1.64. The summed E-state index contributed by atoms with van der Waals surface area (Å²) in [5.41, 5.74) is 7.51. The van der Waals surface area contributed by atoms with Crippen molar-refractivity contribution in [2.45, 2.75) is 64.2 Å². The predicted molar refractivity (Wildman–Crippen MR) is 97.4 cm³/mol. The van der Waals surface area contributed by atoms with Gasteiger partial charge in [0.1, 0.15) is 0 Å². The molecular formula is C20H31N3O. The normalized spacial score (nSPS) is 22.8. The lowest BCUT2D eigenvalue weighted by Crippen LogP contribution is -2.51. The molecule has 1 aromatic carbocycles. The fourth-order valence-electron chi connectivity index (χ4n) is 3.64. The number of likely N-dealkylation sites (tertiary alicyclic amines) is 1. The minimum Gasteiger partial charge on any atom is -0.337 e. The number of benzene rings is 1. The van der Waals surface area contributed by atoms with Gasteiger partial charge in [0.05, 0.1) is 6.04 Å². The maximum absolute atomic E-state index is 12.8. The lowest BCUT2D eigenvalue weighted by Gasteiger charge is -2.33. The highest BCUT2D eigenvalue weighted by molar-refractivity contribution is 5.82. The Hall–Kier alpha value is -1.39. The van der Waals surface area contributed by atoms with E-state index in [4.69, 9.17) is 5.73 Å². The number of hydrogen-bond acceptors (Lipinski definition) is 3. The molecule has 2 aliphatic rings. The van der Waals surface area contributed by atoms with Gasteiger partial charge in [0.25, 0.3) is 0 Å². The first kappa shape index (κ1) is 17.4. The third-order valence-corrected chi connectivity index (χ3v) is 5.41. The summed E-state index contributed by atoms with van der Waals surface area (Å²) in [5, 5.41) is 0. The van der Waals surface area contributed by atoms with Gasteiger partial charge in [0.15, 0.2) is 0 Å². The van der Waals surface area contributed by atoms with Gasteiger partial charge < -0.3 is 10.6 Å². The third kappa shape index (κ3) is 4.17. The van der Waals surface area contributed by atoms with Crippen LogP contribution >= 0.6 is 0 Å². The second-order valence-corrected chi connectivity index (χ2v) is 7.74. The SMILES string of the molecule is CC(C)[C@H](N)C(=O)N(CC1CCCN1Cc1ccccc1)C1CC1. The Labute approximate surface area is 146 Å². The van der Waals surface area contributed by atoms with E-state index in [9.17, 15) is 4.79 Å². The number of nitrogens with zero attached hydrogens (tertiary/aromatic N) is 2. The van der Waals surface area contributed by atoms with E-state index >= 15 is 0 Å². The molecule has 3 rings (SSSR count). The highest BCUT2D eigenvalue weighted by Gasteiger charge is 2.38. The van der Waals surface area contributed by atoms with Crippen LogP contribution in [0.3, 0.4) is 0 Å². The van der Waals surface area contributed by atoms with Crippen LogP contribution in [0, 0.1) is 5.92 Å². The van der Waals surface area contributed by atoms with Crippen molar-refractivity contribution in [1.29, 1.82) is 0 Å². The minimum atomic E-state index is -0.366. The smallest absolute Gasteiger partial charge is 0.240 e. The molecule has 4 nitrogen and oxygen atoms in total. The van der Waals surface area contributed by atoms with Gasteiger partial charge in [-0.3, -0.25) is 9.69 Å². The fraction of sp³-hybridized carbons (Fsp3) is 0.650. The lowest BCUT2D eigenvalue weighted by molar-refractivity contribution is -0.135. The second-order valence-electron chi connectivity index (χ2n) is 7.74. The Kier molecular flexibility index (Phi) is 5.57. The second kappa shape index (κ2) is 7.66.